The molecule has 1 fully saturated rings. The number of furan rings is 1. The van der Waals surface area contributed by atoms with Crippen LogP contribution in [0.1, 0.15) is 40.2 Å². The maximum absolute atomic E-state index is 13.1. The average molecular weight is 404 g/mol. The fourth-order valence-electron chi connectivity index (χ4n) is 3.68. The number of likely N-dealkylation sites (tertiary alicyclic amines) is 1. The Morgan fingerprint density at radius 2 is 1.93 bits per heavy atom. The Bertz CT molecular complexity index is 1100. The van der Waals surface area contributed by atoms with Crippen LogP contribution in [0.25, 0.3) is 10.2 Å². The van der Waals surface area contributed by atoms with Gasteiger partial charge in [-0.15, -0.1) is 11.3 Å². The third-order valence-electron chi connectivity index (χ3n) is 5.11. The molecule has 3 heterocycles. The Labute approximate surface area is 172 Å². The molecule has 1 aliphatic heterocycles. The zero-order valence-corrected chi connectivity index (χ0v) is 16.6. The van der Waals surface area contributed by atoms with Gasteiger partial charge in [0.2, 0.25) is 0 Å². The largest absolute Gasteiger partial charge is 0.486 e. The number of hydrogen-bond acceptors (Lipinski definition) is 5. The Morgan fingerprint density at radius 3 is 2.79 bits per heavy atom. The molecular formula is C23H20N2O3S. The lowest BCUT2D eigenvalue weighted by Gasteiger charge is -2.21. The van der Waals surface area contributed by atoms with Crippen molar-refractivity contribution >= 4 is 27.5 Å². The van der Waals surface area contributed by atoms with Crippen molar-refractivity contribution in [3.63, 3.8) is 0 Å². The van der Waals surface area contributed by atoms with Crippen LogP contribution in [0.15, 0.2) is 71.1 Å². The van der Waals surface area contributed by atoms with Crippen LogP contribution in [-0.4, -0.2) is 22.3 Å². The van der Waals surface area contributed by atoms with Crippen molar-refractivity contribution in [1.82, 2.24) is 9.88 Å². The molecule has 1 aliphatic rings. The number of carbonyl (C=O) groups is 1. The molecule has 2 aromatic carbocycles. The molecule has 0 unspecified atom stereocenters. The molecule has 146 valence electrons. The van der Waals surface area contributed by atoms with Crippen LogP contribution in [0.4, 0.5) is 0 Å². The predicted octanol–water partition coefficient (Wildman–Crippen LogP) is 5.45. The van der Waals surface area contributed by atoms with Crippen LogP contribution in [0.3, 0.4) is 0 Å². The van der Waals surface area contributed by atoms with Crippen molar-refractivity contribution < 1.29 is 13.9 Å². The van der Waals surface area contributed by atoms with Crippen LogP contribution < -0.4 is 4.74 Å². The number of thiazole rings is 1. The van der Waals surface area contributed by atoms with Gasteiger partial charge in [-0.25, -0.2) is 4.98 Å². The van der Waals surface area contributed by atoms with E-state index in [9.17, 15) is 4.79 Å². The first kappa shape index (κ1) is 17.9. The zero-order valence-electron chi connectivity index (χ0n) is 15.8. The van der Waals surface area contributed by atoms with E-state index < -0.39 is 0 Å². The maximum atomic E-state index is 13.1. The summed E-state index contributed by atoms with van der Waals surface area (Å²) < 4.78 is 12.7. The van der Waals surface area contributed by atoms with E-state index in [4.69, 9.17) is 14.1 Å². The second-order valence-corrected chi connectivity index (χ2v) is 8.11. The van der Waals surface area contributed by atoms with Gasteiger partial charge in [0.15, 0.2) is 5.76 Å². The molecule has 0 N–H and O–H groups in total. The van der Waals surface area contributed by atoms with E-state index in [-0.39, 0.29) is 11.9 Å². The quantitative estimate of drug-likeness (QED) is 0.444. The van der Waals surface area contributed by atoms with Crippen molar-refractivity contribution in [3.05, 3.63) is 83.3 Å². The summed E-state index contributed by atoms with van der Waals surface area (Å²) in [6.45, 7) is 1.01. The molecule has 1 atom stereocenters. The Kier molecular flexibility index (Phi) is 4.77. The molecule has 0 bridgehead atoms. The average Bonchev–Trinajstić information content (AvgIpc) is 3.51. The summed E-state index contributed by atoms with van der Waals surface area (Å²) in [5, 5.41) is 0.997. The summed E-state index contributed by atoms with van der Waals surface area (Å²) >= 11 is 1.67. The molecule has 1 amide bonds. The van der Waals surface area contributed by atoms with E-state index in [1.165, 1.54) is 0 Å². The molecule has 6 heteroatoms. The van der Waals surface area contributed by atoms with Gasteiger partial charge in [-0.3, -0.25) is 4.79 Å². The van der Waals surface area contributed by atoms with Crippen LogP contribution in [0.5, 0.6) is 5.75 Å². The minimum Gasteiger partial charge on any atom is -0.486 e. The number of carbonyl (C=O) groups excluding carboxylic acids is 1. The summed E-state index contributed by atoms with van der Waals surface area (Å²) in [5.74, 6) is 1.67. The highest BCUT2D eigenvalue weighted by molar-refractivity contribution is 7.18. The lowest BCUT2D eigenvalue weighted by atomic mass is 10.2. The highest BCUT2D eigenvalue weighted by atomic mass is 32.1. The van der Waals surface area contributed by atoms with E-state index in [0.717, 1.165) is 40.4 Å². The van der Waals surface area contributed by atoms with E-state index in [0.29, 0.717) is 18.1 Å². The standard InChI is InChI=1S/C23H20N2O3S/c26-23(20-13-12-17(28-20)15-27-16-7-2-1-3-8-16)25-14-6-10-19(25)22-24-18-9-4-5-11-21(18)29-22/h1-5,7-9,11-13,19H,6,10,14-15H2/t19-/m0/s1. The molecule has 29 heavy (non-hydrogen) atoms. The predicted molar refractivity (Wildman–Crippen MR) is 112 cm³/mol. The Hall–Kier alpha value is -3.12. The van der Waals surface area contributed by atoms with Crippen molar-refractivity contribution in [1.29, 1.82) is 0 Å². The van der Waals surface area contributed by atoms with Gasteiger partial charge in [0.25, 0.3) is 5.91 Å². The first-order valence-electron chi connectivity index (χ1n) is 9.71. The zero-order chi connectivity index (χ0) is 19.6. The van der Waals surface area contributed by atoms with E-state index in [1.54, 1.807) is 23.5 Å². The number of para-hydroxylation sites is 2. The van der Waals surface area contributed by atoms with Crippen molar-refractivity contribution in [2.24, 2.45) is 0 Å². The van der Waals surface area contributed by atoms with E-state index in [2.05, 4.69) is 6.07 Å². The van der Waals surface area contributed by atoms with Gasteiger partial charge in [-0.1, -0.05) is 30.3 Å². The molecule has 2 aromatic heterocycles. The summed E-state index contributed by atoms with van der Waals surface area (Å²) in [6, 6.07) is 21.2. The molecule has 1 saturated heterocycles. The Morgan fingerprint density at radius 1 is 1.10 bits per heavy atom. The normalized spacial score (nSPS) is 16.4. The van der Waals surface area contributed by atoms with E-state index in [1.807, 2.05) is 53.4 Å². The SMILES string of the molecule is O=C(c1ccc(COc2ccccc2)o1)N1CCC[C@H]1c1nc2ccccc2s1. The summed E-state index contributed by atoms with van der Waals surface area (Å²) in [5.41, 5.74) is 0.991. The number of ether oxygens (including phenoxy) is 1. The summed E-state index contributed by atoms with van der Waals surface area (Å²) in [4.78, 5) is 19.8. The highest BCUT2D eigenvalue weighted by Crippen LogP contribution is 2.37. The second-order valence-electron chi connectivity index (χ2n) is 7.04. The molecule has 0 spiro atoms. The monoisotopic (exact) mass is 404 g/mol. The molecule has 0 saturated carbocycles. The topological polar surface area (TPSA) is 55.6 Å². The van der Waals surface area contributed by atoms with Crippen LogP contribution in [0, 0.1) is 0 Å². The minimum absolute atomic E-state index is 0.00835. The fraction of sp³-hybridized carbons (Fsp3) is 0.217. The third kappa shape index (κ3) is 3.63. The second kappa shape index (κ2) is 7.72. The Balaban J connectivity index is 1.31. The fourth-order valence-corrected chi connectivity index (χ4v) is 4.80. The van der Waals surface area contributed by atoms with Crippen LogP contribution in [0.2, 0.25) is 0 Å². The molecular weight excluding hydrogens is 384 g/mol. The van der Waals surface area contributed by atoms with Crippen molar-refractivity contribution in [3.8, 4) is 5.75 Å². The van der Waals surface area contributed by atoms with Gasteiger partial charge in [-0.05, 0) is 49.2 Å². The lowest BCUT2D eigenvalue weighted by Crippen LogP contribution is -2.30. The summed E-state index contributed by atoms with van der Waals surface area (Å²) in [7, 11) is 0. The first-order valence-corrected chi connectivity index (χ1v) is 10.5. The van der Waals surface area contributed by atoms with Crippen molar-refractivity contribution in [2.45, 2.75) is 25.5 Å². The highest BCUT2D eigenvalue weighted by Gasteiger charge is 2.34. The van der Waals surface area contributed by atoms with Crippen LogP contribution >= 0.6 is 11.3 Å². The molecule has 5 rings (SSSR count). The number of rotatable bonds is 5. The van der Waals surface area contributed by atoms with Gasteiger partial charge in [0.1, 0.15) is 23.1 Å². The summed E-state index contributed by atoms with van der Waals surface area (Å²) in [6.07, 6.45) is 1.90. The van der Waals surface area contributed by atoms with Crippen molar-refractivity contribution in [2.75, 3.05) is 6.54 Å². The smallest absolute Gasteiger partial charge is 0.290 e. The molecule has 5 nitrogen and oxygen atoms in total. The first-order chi connectivity index (χ1) is 14.3. The van der Waals surface area contributed by atoms with Gasteiger partial charge in [-0.2, -0.15) is 0 Å². The molecule has 0 aliphatic carbocycles. The van der Waals surface area contributed by atoms with Gasteiger partial charge in [0.05, 0.1) is 16.3 Å². The lowest BCUT2D eigenvalue weighted by molar-refractivity contribution is 0.0699. The third-order valence-corrected chi connectivity index (χ3v) is 6.24. The molecule has 4 aromatic rings. The minimum atomic E-state index is -0.0854. The molecule has 0 radical (unpaired) electrons. The number of hydrogen-bond donors (Lipinski definition) is 0. The van der Waals surface area contributed by atoms with Gasteiger partial charge < -0.3 is 14.1 Å². The number of aromatic nitrogens is 1. The number of amides is 1. The van der Waals surface area contributed by atoms with E-state index >= 15 is 0 Å². The maximum Gasteiger partial charge on any atom is 0.290 e. The van der Waals surface area contributed by atoms with Crippen LogP contribution in [-0.2, 0) is 6.61 Å². The van der Waals surface area contributed by atoms with Gasteiger partial charge >= 0.3 is 0 Å². The number of benzene rings is 2. The number of nitrogens with zero attached hydrogens (tertiary/aromatic N) is 2. The number of fused-ring (bicyclic) bond motifs is 1. The van der Waals surface area contributed by atoms with Gasteiger partial charge in [0, 0.05) is 6.54 Å².